The summed E-state index contributed by atoms with van der Waals surface area (Å²) in [6.45, 7) is 5.48. The van der Waals surface area contributed by atoms with E-state index in [0.29, 0.717) is 24.2 Å². The van der Waals surface area contributed by atoms with Gasteiger partial charge in [-0.3, -0.25) is 14.4 Å². The van der Waals surface area contributed by atoms with Gasteiger partial charge in [-0.1, -0.05) is 19.1 Å². The van der Waals surface area contributed by atoms with Gasteiger partial charge in [0.25, 0.3) is 5.91 Å². The molecule has 3 aliphatic carbocycles. The number of ether oxygens (including phenoxy) is 1. The molecule has 2 aliphatic heterocycles. The smallest absolute Gasteiger partial charge is 0.258 e. The second kappa shape index (κ2) is 7.78. The van der Waals surface area contributed by atoms with E-state index < -0.39 is 11.8 Å². The number of nitrogens with one attached hydrogen (secondary N) is 2. The molecule has 172 valence electrons. The van der Waals surface area contributed by atoms with Gasteiger partial charge in [-0.25, -0.2) is 0 Å². The summed E-state index contributed by atoms with van der Waals surface area (Å²) in [5.74, 6) is 0.345. The minimum Gasteiger partial charge on any atom is -0.467 e. The average molecular weight is 440 g/mol. The van der Waals surface area contributed by atoms with Gasteiger partial charge in [0.2, 0.25) is 11.8 Å². The molecule has 3 saturated carbocycles. The Bertz CT molecular complexity index is 943. The molecule has 3 amide bonds. The van der Waals surface area contributed by atoms with Gasteiger partial charge in [0.1, 0.15) is 11.8 Å². The summed E-state index contributed by atoms with van der Waals surface area (Å²) in [6, 6.07) is 6.82. The van der Waals surface area contributed by atoms with E-state index in [0.717, 1.165) is 45.2 Å². The summed E-state index contributed by atoms with van der Waals surface area (Å²) in [4.78, 5) is 40.8. The van der Waals surface area contributed by atoms with E-state index in [-0.39, 0.29) is 35.0 Å². The molecule has 2 N–H and O–H groups in total. The van der Waals surface area contributed by atoms with Crippen molar-refractivity contribution in [3.05, 3.63) is 29.8 Å². The van der Waals surface area contributed by atoms with Gasteiger partial charge in [-0.05, 0) is 63.0 Å². The van der Waals surface area contributed by atoms with Crippen molar-refractivity contribution in [3.8, 4) is 5.75 Å². The molecule has 2 heterocycles. The third-order valence-electron chi connectivity index (χ3n) is 8.21. The molecule has 7 nitrogen and oxygen atoms in total. The highest BCUT2D eigenvalue weighted by Gasteiger charge is 2.62. The van der Waals surface area contributed by atoms with Crippen LogP contribution in [0.1, 0.15) is 69.2 Å². The van der Waals surface area contributed by atoms with Crippen LogP contribution in [-0.4, -0.2) is 47.5 Å². The van der Waals surface area contributed by atoms with Crippen LogP contribution in [0.4, 0.5) is 0 Å². The fourth-order valence-corrected chi connectivity index (χ4v) is 6.42. The topological polar surface area (TPSA) is 87.7 Å². The first-order valence-corrected chi connectivity index (χ1v) is 12.0. The Morgan fingerprint density at radius 3 is 2.72 bits per heavy atom. The van der Waals surface area contributed by atoms with E-state index in [4.69, 9.17) is 4.74 Å². The molecule has 1 spiro atoms. The molecule has 1 saturated heterocycles. The molecule has 0 unspecified atom stereocenters. The average Bonchev–Trinajstić information content (AvgIpc) is 2.78. The number of carbonyl (C=O) groups excluding carboxylic acids is 3. The van der Waals surface area contributed by atoms with E-state index in [2.05, 4.69) is 17.6 Å². The first kappa shape index (κ1) is 21.3. The fraction of sp³-hybridized carbons (Fsp3) is 0.640. The zero-order valence-corrected chi connectivity index (χ0v) is 19.0. The normalized spacial score (nSPS) is 34.3. The predicted octanol–water partition coefficient (Wildman–Crippen LogP) is 2.85. The van der Waals surface area contributed by atoms with Crippen LogP contribution in [0, 0.1) is 17.3 Å². The van der Waals surface area contributed by atoms with Gasteiger partial charge in [-0.2, -0.15) is 0 Å². The number of amides is 3. The number of para-hydroxylation sites is 1. The lowest BCUT2D eigenvalue weighted by Crippen LogP contribution is -2.69. The van der Waals surface area contributed by atoms with Crippen LogP contribution in [0.25, 0.3) is 0 Å². The third kappa shape index (κ3) is 3.46. The van der Waals surface area contributed by atoms with Crippen molar-refractivity contribution in [3.63, 3.8) is 0 Å². The van der Waals surface area contributed by atoms with E-state index in [9.17, 15) is 14.4 Å². The summed E-state index contributed by atoms with van der Waals surface area (Å²) in [7, 11) is 0. The molecule has 1 aromatic rings. The minimum absolute atomic E-state index is 0.0140. The number of piperidine rings is 1. The number of rotatable bonds is 3. The molecule has 2 bridgehead atoms. The maximum absolute atomic E-state index is 13.3. The van der Waals surface area contributed by atoms with Crippen molar-refractivity contribution in [1.29, 1.82) is 0 Å². The van der Waals surface area contributed by atoms with Crippen molar-refractivity contribution >= 4 is 17.7 Å². The van der Waals surface area contributed by atoms with Crippen molar-refractivity contribution in [2.75, 3.05) is 13.1 Å². The maximum atomic E-state index is 13.3. The van der Waals surface area contributed by atoms with Crippen LogP contribution in [-0.2, 0) is 9.59 Å². The minimum atomic E-state index is -0.759. The Hall–Kier alpha value is -2.57. The molecule has 32 heavy (non-hydrogen) atoms. The Labute approximate surface area is 189 Å². The van der Waals surface area contributed by atoms with Gasteiger partial charge in [0.05, 0.1) is 5.56 Å². The van der Waals surface area contributed by atoms with Gasteiger partial charge in [-0.15, -0.1) is 0 Å². The van der Waals surface area contributed by atoms with E-state index in [1.165, 1.54) is 0 Å². The predicted molar refractivity (Wildman–Crippen MR) is 119 cm³/mol. The van der Waals surface area contributed by atoms with Crippen molar-refractivity contribution in [2.45, 2.75) is 70.6 Å². The largest absolute Gasteiger partial charge is 0.467 e. The monoisotopic (exact) mass is 439 g/mol. The zero-order valence-electron chi connectivity index (χ0n) is 19.0. The maximum Gasteiger partial charge on any atom is 0.258 e. The Morgan fingerprint density at radius 1 is 1.22 bits per heavy atom. The number of carbonyl (C=O) groups is 3. The van der Waals surface area contributed by atoms with E-state index >= 15 is 0 Å². The third-order valence-corrected chi connectivity index (χ3v) is 8.21. The van der Waals surface area contributed by atoms with Crippen molar-refractivity contribution in [2.24, 2.45) is 17.3 Å². The first-order chi connectivity index (χ1) is 15.3. The highest BCUT2D eigenvalue weighted by molar-refractivity contribution is 5.98. The highest BCUT2D eigenvalue weighted by Crippen LogP contribution is 2.58. The molecule has 0 aromatic heterocycles. The Kier molecular flexibility index (Phi) is 5.18. The van der Waals surface area contributed by atoms with Gasteiger partial charge >= 0.3 is 0 Å². The quantitative estimate of drug-likeness (QED) is 0.758. The lowest BCUT2D eigenvalue weighted by molar-refractivity contribution is -0.168. The summed E-state index contributed by atoms with van der Waals surface area (Å²) in [5.41, 5.74) is -0.499. The lowest BCUT2D eigenvalue weighted by Gasteiger charge is -2.59. The van der Waals surface area contributed by atoms with Gasteiger partial charge in [0, 0.05) is 31.3 Å². The second-order valence-electron chi connectivity index (χ2n) is 10.4. The van der Waals surface area contributed by atoms with E-state index in [1.807, 2.05) is 23.1 Å². The van der Waals surface area contributed by atoms with Gasteiger partial charge < -0.3 is 20.3 Å². The number of hydrogen-bond donors (Lipinski definition) is 2. The highest BCUT2D eigenvalue weighted by atomic mass is 16.5. The van der Waals surface area contributed by atoms with Crippen LogP contribution in [0.15, 0.2) is 24.3 Å². The number of benzene rings is 1. The molecular formula is C25H33N3O4. The molecule has 4 fully saturated rings. The Morgan fingerprint density at radius 2 is 1.97 bits per heavy atom. The number of hydrogen-bond acceptors (Lipinski definition) is 4. The summed E-state index contributed by atoms with van der Waals surface area (Å²) < 4.78 is 6.43. The number of nitrogens with zero attached hydrogens (tertiary/aromatic N) is 1. The van der Waals surface area contributed by atoms with Crippen molar-refractivity contribution in [1.82, 2.24) is 15.5 Å². The van der Waals surface area contributed by atoms with Crippen LogP contribution < -0.4 is 15.4 Å². The number of fused-ring (bicyclic) bond motifs is 3. The molecule has 0 radical (unpaired) electrons. The lowest BCUT2D eigenvalue weighted by atomic mass is 9.52. The Balaban J connectivity index is 1.30. The standard InChI is InChI=1S/C25H33N3O4/c1-16(23(31)28-12-6-3-7-13-28)26-22(30)19-14-17-10-11-24(19,2)15-25(17)27-21(29)18-8-4-5-9-20(18)32-25/h4-5,8-9,16-17,19H,3,6-7,10-15H2,1-2H3,(H,26,30)(H,27,29)/t16-,17-,19+,24+,25-/m0/s1. The zero-order chi connectivity index (χ0) is 22.5. The second-order valence-corrected chi connectivity index (χ2v) is 10.4. The fourth-order valence-electron chi connectivity index (χ4n) is 6.42. The van der Waals surface area contributed by atoms with Crippen LogP contribution in [0.5, 0.6) is 5.75 Å². The van der Waals surface area contributed by atoms with Crippen LogP contribution in [0.2, 0.25) is 0 Å². The molecule has 5 atom stereocenters. The molecular weight excluding hydrogens is 406 g/mol. The first-order valence-electron chi connectivity index (χ1n) is 12.0. The van der Waals surface area contributed by atoms with Crippen LogP contribution in [0.3, 0.4) is 0 Å². The molecule has 1 aromatic carbocycles. The molecule has 6 rings (SSSR count). The van der Waals surface area contributed by atoms with E-state index in [1.54, 1.807) is 13.0 Å². The summed E-state index contributed by atoms with van der Waals surface area (Å²) >= 11 is 0. The molecule has 5 aliphatic rings. The van der Waals surface area contributed by atoms with Crippen LogP contribution >= 0.6 is 0 Å². The summed E-state index contributed by atoms with van der Waals surface area (Å²) in [5, 5.41) is 6.17. The van der Waals surface area contributed by atoms with Gasteiger partial charge in [0.15, 0.2) is 5.72 Å². The SMILES string of the molecule is C[C@H](NC(=O)[C@H]1C[C@@H]2CC[C@]1(C)C[C@@]21NC(=O)c2ccccc2O1)C(=O)N1CCCCC1. The summed E-state index contributed by atoms with van der Waals surface area (Å²) in [6.07, 6.45) is 6.29. The molecule has 7 heteroatoms. The number of likely N-dealkylation sites (tertiary alicyclic amines) is 1. The van der Waals surface area contributed by atoms with Crippen molar-refractivity contribution < 1.29 is 19.1 Å².